The summed E-state index contributed by atoms with van der Waals surface area (Å²) in [5.41, 5.74) is 5.81. The van der Waals surface area contributed by atoms with Crippen LogP contribution in [0.3, 0.4) is 0 Å². The third-order valence-electron chi connectivity index (χ3n) is 3.29. The van der Waals surface area contributed by atoms with E-state index in [0.29, 0.717) is 4.88 Å². The van der Waals surface area contributed by atoms with Crippen molar-refractivity contribution in [3.63, 3.8) is 0 Å². The van der Waals surface area contributed by atoms with Gasteiger partial charge in [0.25, 0.3) is 5.91 Å². The standard InChI is InChI=1S/C13H19N3O2S/c14-9-3-5-10(6-4-9)16-12(17)8-15-13(18)11-2-1-7-19-11/h1-2,7,9-10H,3-6,8,14H2,(H,15,18)(H,16,17). The van der Waals surface area contributed by atoms with E-state index in [9.17, 15) is 9.59 Å². The molecule has 2 amide bonds. The predicted molar refractivity (Wildman–Crippen MR) is 75.0 cm³/mol. The van der Waals surface area contributed by atoms with Gasteiger partial charge in [0.15, 0.2) is 0 Å². The van der Waals surface area contributed by atoms with Gasteiger partial charge in [0.05, 0.1) is 11.4 Å². The summed E-state index contributed by atoms with van der Waals surface area (Å²) in [5.74, 6) is -0.332. The first-order valence-corrected chi connectivity index (χ1v) is 7.40. The minimum Gasteiger partial charge on any atom is -0.352 e. The van der Waals surface area contributed by atoms with Crippen LogP contribution in [-0.2, 0) is 4.79 Å². The Morgan fingerprint density at radius 3 is 2.68 bits per heavy atom. The van der Waals surface area contributed by atoms with Gasteiger partial charge < -0.3 is 16.4 Å². The molecule has 0 aliphatic heterocycles. The normalized spacial score (nSPS) is 22.8. The minimum absolute atomic E-state index is 0.0271. The number of thiophene rings is 1. The summed E-state index contributed by atoms with van der Waals surface area (Å²) in [6.45, 7) is 0.0271. The zero-order chi connectivity index (χ0) is 13.7. The number of hydrogen-bond donors (Lipinski definition) is 3. The molecule has 1 heterocycles. The summed E-state index contributed by atoms with van der Waals surface area (Å²) < 4.78 is 0. The number of nitrogens with two attached hydrogens (primary N) is 1. The summed E-state index contributed by atoms with van der Waals surface area (Å²) in [7, 11) is 0. The van der Waals surface area contributed by atoms with Crippen molar-refractivity contribution in [3.8, 4) is 0 Å². The van der Waals surface area contributed by atoms with Gasteiger partial charge in [-0.3, -0.25) is 9.59 Å². The molecule has 1 aromatic rings. The van der Waals surface area contributed by atoms with Gasteiger partial charge in [0.2, 0.25) is 5.91 Å². The van der Waals surface area contributed by atoms with Crippen LogP contribution in [0.5, 0.6) is 0 Å². The summed E-state index contributed by atoms with van der Waals surface area (Å²) in [6.07, 6.45) is 3.75. The number of hydrogen-bond acceptors (Lipinski definition) is 4. The van der Waals surface area contributed by atoms with Gasteiger partial charge >= 0.3 is 0 Å². The Balaban J connectivity index is 1.69. The summed E-state index contributed by atoms with van der Waals surface area (Å²) in [5, 5.41) is 7.39. The van der Waals surface area contributed by atoms with Crippen molar-refractivity contribution >= 4 is 23.2 Å². The van der Waals surface area contributed by atoms with Crippen LogP contribution in [0, 0.1) is 0 Å². The second-order valence-electron chi connectivity index (χ2n) is 4.84. The molecule has 1 fully saturated rings. The molecule has 0 spiro atoms. The van der Waals surface area contributed by atoms with Gasteiger partial charge in [-0.15, -0.1) is 11.3 Å². The average molecular weight is 281 g/mol. The molecule has 0 bridgehead atoms. The highest BCUT2D eigenvalue weighted by atomic mass is 32.1. The lowest BCUT2D eigenvalue weighted by Gasteiger charge is -2.26. The fourth-order valence-corrected chi connectivity index (χ4v) is 2.84. The number of rotatable bonds is 4. The van der Waals surface area contributed by atoms with Gasteiger partial charge in [-0.05, 0) is 37.1 Å². The topological polar surface area (TPSA) is 84.2 Å². The maximum Gasteiger partial charge on any atom is 0.261 e. The first-order valence-electron chi connectivity index (χ1n) is 6.52. The van der Waals surface area contributed by atoms with Crippen LogP contribution in [0.1, 0.15) is 35.4 Å². The van der Waals surface area contributed by atoms with E-state index in [4.69, 9.17) is 5.73 Å². The van der Waals surface area contributed by atoms with Gasteiger partial charge in [-0.1, -0.05) is 6.07 Å². The Morgan fingerprint density at radius 2 is 2.05 bits per heavy atom. The molecule has 1 aromatic heterocycles. The van der Waals surface area contributed by atoms with Crippen molar-refractivity contribution in [2.75, 3.05) is 6.54 Å². The molecule has 19 heavy (non-hydrogen) atoms. The number of carbonyl (C=O) groups excluding carboxylic acids is 2. The van der Waals surface area contributed by atoms with Gasteiger partial charge in [0, 0.05) is 12.1 Å². The second-order valence-corrected chi connectivity index (χ2v) is 5.79. The Hall–Kier alpha value is -1.40. The van der Waals surface area contributed by atoms with Crippen molar-refractivity contribution < 1.29 is 9.59 Å². The molecular weight excluding hydrogens is 262 g/mol. The maximum absolute atomic E-state index is 11.7. The van der Waals surface area contributed by atoms with E-state index in [0.717, 1.165) is 25.7 Å². The minimum atomic E-state index is -0.198. The van der Waals surface area contributed by atoms with E-state index < -0.39 is 0 Å². The molecular formula is C13H19N3O2S. The van der Waals surface area contributed by atoms with Gasteiger partial charge in [-0.25, -0.2) is 0 Å². The Bertz CT molecular complexity index is 425. The average Bonchev–Trinajstić information content (AvgIpc) is 2.93. The van der Waals surface area contributed by atoms with E-state index in [1.54, 1.807) is 6.07 Å². The molecule has 6 heteroatoms. The fourth-order valence-electron chi connectivity index (χ4n) is 2.20. The summed E-state index contributed by atoms with van der Waals surface area (Å²) in [6, 6.07) is 4.02. The monoisotopic (exact) mass is 281 g/mol. The van der Waals surface area contributed by atoms with E-state index in [1.807, 2.05) is 11.4 Å². The summed E-state index contributed by atoms with van der Waals surface area (Å²) >= 11 is 1.36. The Labute approximate surface area is 116 Å². The van der Waals surface area contributed by atoms with Crippen LogP contribution in [0.4, 0.5) is 0 Å². The van der Waals surface area contributed by atoms with Crippen LogP contribution in [0.2, 0.25) is 0 Å². The van der Waals surface area contributed by atoms with E-state index in [-0.39, 0.29) is 30.4 Å². The van der Waals surface area contributed by atoms with E-state index >= 15 is 0 Å². The van der Waals surface area contributed by atoms with Crippen LogP contribution in [0.15, 0.2) is 17.5 Å². The molecule has 0 unspecified atom stereocenters. The molecule has 2 rings (SSSR count). The molecule has 1 saturated carbocycles. The molecule has 0 atom stereocenters. The lowest BCUT2D eigenvalue weighted by Crippen LogP contribution is -2.44. The zero-order valence-electron chi connectivity index (χ0n) is 10.7. The van der Waals surface area contributed by atoms with Gasteiger partial charge in [-0.2, -0.15) is 0 Å². The molecule has 0 aromatic carbocycles. The zero-order valence-corrected chi connectivity index (χ0v) is 11.5. The van der Waals surface area contributed by atoms with Crippen LogP contribution < -0.4 is 16.4 Å². The van der Waals surface area contributed by atoms with Crippen molar-refractivity contribution in [3.05, 3.63) is 22.4 Å². The molecule has 1 aliphatic carbocycles. The number of carbonyl (C=O) groups is 2. The molecule has 5 nitrogen and oxygen atoms in total. The molecule has 104 valence electrons. The molecule has 0 radical (unpaired) electrons. The Kier molecular flexibility index (Phi) is 4.93. The lowest BCUT2D eigenvalue weighted by molar-refractivity contribution is -0.121. The quantitative estimate of drug-likeness (QED) is 0.765. The number of nitrogens with one attached hydrogen (secondary N) is 2. The molecule has 0 saturated heterocycles. The van der Waals surface area contributed by atoms with Crippen molar-refractivity contribution in [2.45, 2.75) is 37.8 Å². The van der Waals surface area contributed by atoms with Crippen LogP contribution in [-0.4, -0.2) is 30.4 Å². The van der Waals surface area contributed by atoms with E-state index in [2.05, 4.69) is 10.6 Å². The highest BCUT2D eigenvalue weighted by Gasteiger charge is 2.20. The predicted octanol–water partition coefficient (Wildman–Crippen LogP) is 0.864. The smallest absolute Gasteiger partial charge is 0.261 e. The highest BCUT2D eigenvalue weighted by Crippen LogP contribution is 2.16. The molecule has 1 aliphatic rings. The SMILES string of the molecule is NC1CCC(NC(=O)CNC(=O)c2cccs2)CC1. The van der Waals surface area contributed by atoms with Crippen LogP contribution >= 0.6 is 11.3 Å². The summed E-state index contributed by atoms with van der Waals surface area (Å²) in [4.78, 5) is 24.0. The Morgan fingerprint density at radius 1 is 1.32 bits per heavy atom. The van der Waals surface area contributed by atoms with Gasteiger partial charge in [0.1, 0.15) is 0 Å². The fraction of sp³-hybridized carbons (Fsp3) is 0.538. The third-order valence-corrected chi connectivity index (χ3v) is 4.16. The molecule has 4 N–H and O–H groups in total. The lowest BCUT2D eigenvalue weighted by atomic mass is 9.92. The van der Waals surface area contributed by atoms with Crippen molar-refractivity contribution in [1.82, 2.24) is 10.6 Å². The maximum atomic E-state index is 11.7. The third kappa shape index (κ3) is 4.33. The van der Waals surface area contributed by atoms with Crippen molar-refractivity contribution in [2.24, 2.45) is 5.73 Å². The first-order chi connectivity index (χ1) is 9.15. The largest absolute Gasteiger partial charge is 0.352 e. The number of amides is 2. The van der Waals surface area contributed by atoms with E-state index in [1.165, 1.54) is 11.3 Å². The first kappa shape index (κ1) is 14.0. The highest BCUT2D eigenvalue weighted by molar-refractivity contribution is 7.12. The van der Waals surface area contributed by atoms with Crippen molar-refractivity contribution in [1.29, 1.82) is 0 Å². The second kappa shape index (κ2) is 6.68. The van der Waals surface area contributed by atoms with Crippen LogP contribution in [0.25, 0.3) is 0 Å².